The molecule has 0 atom stereocenters. The lowest BCUT2D eigenvalue weighted by Gasteiger charge is -2.20. The molecule has 0 amide bonds. The van der Waals surface area contributed by atoms with Crippen LogP contribution in [0.15, 0.2) is 57.4 Å². The van der Waals surface area contributed by atoms with E-state index < -0.39 is 0 Å². The summed E-state index contributed by atoms with van der Waals surface area (Å²) in [5, 5.41) is 1.20. The van der Waals surface area contributed by atoms with Gasteiger partial charge < -0.3 is 9.32 Å². The number of furan rings is 1. The van der Waals surface area contributed by atoms with Crippen LogP contribution in [0.5, 0.6) is 0 Å². The number of para-hydroxylation sites is 1. The molecule has 0 aliphatic rings. The van der Waals surface area contributed by atoms with Crippen LogP contribution in [-0.2, 0) is 0 Å². The summed E-state index contributed by atoms with van der Waals surface area (Å²) in [6.07, 6.45) is 0. The van der Waals surface area contributed by atoms with Crippen molar-refractivity contribution in [2.75, 3.05) is 18.0 Å². The summed E-state index contributed by atoms with van der Waals surface area (Å²) in [5.74, 6) is 0.958. The van der Waals surface area contributed by atoms with E-state index >= 15 is 0 Å². The van der Waals surface area contributed by atoms with E-state index in [1.165, 1.54) is 16.6 Å². The van der Waals surface area contributed by atoms with Gasteiger partial charge in [-0.05, 0) is 73.5 Å². The van der Waals surface area contributed by atoms with Gasteiger partial charge in [-0.1, -0.05) is 24.3 Å². The summed E-state index contributed by atoms with van der Waals surface area (Å²) in [5.41, 5.74) is 3.52. The monoisotopic (exact) mass is 373 g/mol. The molecule has 0 aliphatic carbocycles. The molecule has 2 aromatic carbocycles. The topological polar surface area (TPSA) is 16.4 Å². The predicted octanol–water partition coefficient (Wildman–Crippen LogP) is 6.34. The minimum Gasteiger partial charge on any atom is -0.460 e. The highest BCUT2D eigenvalue weighted by molar-refractivity contribution is 9.10. The third kappa shape index (κ3) is 4.38. The molecular formula is C20H24BrNO. The third-order valence-corrected chi connectivity index (χ3v) is 4.49. The maximum absolute atomic E-state index is 5.53. The predicted molar refractivity (Wildman–Crippen MR) is 103 cm³/mol. The Labute approximate surface area is 147 Å². The smallest absolute Gasteiger partial charge is 0.148 e. The van der Waals surface area contributed by atoms with Gasteiger partial charge in [0.15, 0.2) is 0 Å². The number of benzene rings is 2. The van der Waals surface area contributed by atoms with Crippen LogP contribution in [0.3, 0.4) is 0 Å². The first-order valence-electron chi connectivity index (χ1n) is 8.02. The van der Waals surface area contributed by atoms with E-state index in [1.54, 1.807) is 0 Å². The second kappa shape index (κ2) is 8.21. The standard InChI is InChI=1S/C10H9BrO.C10H15N/c1-6-3-4-9(11)10-8(6)5-7(2)12-10;1-3-11(4-2)10-8-6-5-7-9-10/h3-5H,1-2H3;5-9H,3-4H2,1-2H3. The molecule has 3 aromatic rings. The van der Waals surface area contributed by atoms with Gasteiger partial charge in [0.2, 0.25) is 0 Å². The number of nitrogens with zero attached hydrogens (tertiary/aromatic N) is 1. The lowest BCUT2D eigenvalue weighted by Crippen LogP contribution is -2.21. The fraction of sp³-hybridized carbons (Fsp3) is 0.300. The Hall–Kier alpha value is -1.74. The highest BCUT2D eigenvalue weighted by Gasteiger charge is 2.05. The first-order chi connectivity index (χ1) is 11.1. The largest absolute Gasteiger partial charge is 0.460 e. The zero-order chi connectivity index (χ0) is 16.8. The van der Waals surface area contributed by atoms with Crippen molar-refractivity contribution in [1.82, 2.24) is 0 Å². The molecule has 0 fully saturated rings. The second-order valence-corrected chi connectivity index (χ2v) is 6.33. The van der Waals surface area contributed by atoms with E-state index in [0.29, 0.717) is 0 Å². The van der Waals surface area contributed by atoms with E-state index in [0.717, 1.165) is 28.9 Å². The van der Waals surface area contributed by atoms with Gasteiger partial charge in [0.25, 0.3) is 0 Å². The Bertz CT molecular complexity index is 706. The maximum atomic E-state index is 5.53. The van der Waals surface area contributed by atoms with Crippen LogP contribution < -0.4 is 4.90 Å². The van der Waals surface area contributed by atoms with Gasteiger partial charge in [-0.15, -0.1) is 0 Å². The van der Waals surface area contributed by atoms with Gasteiger partial charge in [0.05, 0.1) is 4.47 Å². The number of hydrogen-bond donors (Lipinski definition) is 0. The van der Waals surface area contributed by atoms with Gasteiger partial charge in [-0.25, -0.2) is 0 Å². The van der Waals surface area contributed by atoms with Crippen LogP contribution in [0.1, 0.15) is 25.2 Å². The van der Waals surface area contributed by atoms with Crippen LogP contribution in [0.4, 0.5) is 5.69 Å². The molecule has 1 aromatic heterocycles. The van der Waals surface area contributed by atoms with E-state index in [9.17, 15) is 0 Å². The summed E-state index contributed by atoms with van der Waals surface area (Å²) in [7, 11) is 0. The lowest BCUT2D eigenvalue weighted by atomic mass is 10.1. The van der Waals surface area contributed by atoms with E-state index in [-0.39, 0.29) is 0 Å². The average Bonchev–Trinajstić information content (AvgIpc) is 2.97. The molecule has 0 saturated carbocycles. The quantitative estimate of drug-likeness (QED) is 0.531. The number of rotatable bonds is 3. The molecule has 0 unspecified atom stereocenters. The van der Waals surface area contributed by atoms with Crippen molar-refractivity contribution < 1.29 is 4.42 Å². The third-order valence-electron chi connectivity index (χ3n) is 3.86. The van der Waals surface area contributed by atoms with Crippen molar-refractivity contribution in [1.29, 1.82) is 0 Å². The summed E-state index contributed by atoms with van der Waals surface area (Å²) in [4.78, 5) is 2.33. The van der Waals surface area contributed by atoms with Crippen LogP contribution in [-0.4, -0.2) is 13.1 Å². The zero-order valence-corrected chi connectivity index (χ0v) is 15.9. The number of anilines is 1. The fourth-order valence-corrected chi connectivity index (χ4v) is 3.00. The van der Waals surface area contributed by atoms with Crippen molar-refractivity contribution in [2.45, 2.75) is 27.7 Å². The molecule has 0 N–H and O–H groups in total. The highest BCUT2D eigenvalue weighted by Crippen LogP contribution is 2.29. The SMILES string of the molecule is CCN(CC)c1ccccc1.Cc1cc2c(C)ccc(Br)c2o1. The van der Waals surface area contributed by atoms with Crippen LogP contribution in [0, 0.1) is 13.8 Å². The van der Waals surface area contributed by atoms with Crippen LogP contribution >= 0.6 is 15.9 Å². The van der Waals surface area contributed by atoms with Crippen molar-refractivity contribution in [3.8, 4) is 0 Å². The molecule has 3 heteroatoms. The zero-order valence-electron chi connectivity index (χ0n) is 14.3. The Morgan fingerprint density at radius 3 is 2.17 bits per heavy atom. The van der Waals surface area contributed by atoms with Crippen LogP contribution in [0.25, 0.3) is 11.0 Å². The second-order valence-electron chi connectivity index (χ2n) is 5.47. The first kappa shape index (κ1) is 17.6. The molecule has 2 nitrogen and oxygen atoms in total. The number of aryl methyl sites for hydroxylation is 2. The minimum absolute atomic E-state index is 0.951. The molecular weight excluding hydrogens is 350 g/mol. The normalized spacial score (nSPS) is 10.3. The molecule has 0 bridgehead atoms. The molecule has 0 saturated heterocycles. The average molecular weight is 374 g/mol. The Kier molecular flexibility index (Phi) is 6.28. The van der Waals surface area contributed by atoms with Gasteiger partial charge >= 0.3 is 0 Å². The summed E-state index contributed by atoms with van der Waals surface area (Å²) < 4.78 is 6.56. The fourth-order valence-electron chi connectivity index (χ4n) is 2.58. The van der Waals surface area contributed by atoms with Gasteiger partial charge in [0.1, 0.15) is 11.3 Å². The highest BCUT2D eigenvalue weighted by atomic mass is 79.9. The summed E-state index contributed by atoms with van der Waals surface area (Å²) >= 11 is 3.45. The lowest BCUT2D eigenvalue weighted by molar-refractivity contribution is 0.577. The van der Waals surface area contributed by atoms with Crippen LogP contribution in [0.2, 0.25) is 0 Å². The molecule has 0 aliphatic heterocycles. The number of fused-ring (bicyclic) bond motifs is 1. The van der Waals surface area contributed by atoms with Gasteiger partial charge in [-0.2, -0.15) is 0 Å². The van der Waals surface area contributed by atoms with E-state index in [2.05, 4.69) is 78.0 Å². The molecule has 1 heterocycles. The summed E-state index contributed by atoms with van der Waals surface area (Å²) in [6.45, 7) is 10.6. The van der Waals surface area contributed by atoms with E-state index in [1.807, 2.05) is 19.1 Å². The Morgan fingerprint density at radius 1 is 0.957 bits per heavy atom. The Balaban J connectivity index is 0.000000168. The number of halogens is 1. The van der Waals surface area contributed by atoms with Crippen molar-refractivity contribution in [3.05, 3.63) is 64.3 Å². The number of hydrogen-bond acceptors (Lipinski definition) is 2. The van der Waals surface area contributed by atoms with Crippen molar-refractivity contribution >= 4 is 32.6 Å². The van der Waals surface area contributed by atoms with Gasteiger partial charge in [0, 0.05) is 24.2 Å². The van der Waals surface area contributed by atoms with Gasteiger partial charge in [-0.3, -0.25) is 0 Å². The summed E-state index contributed by atoms with van der Waals surface area (Å²) in [6, 6.07) is 16.7. The molecule has 23 heavy (non-hydrogen) atoms. The first-order valence-corrected chi connectivity index (χ1v) is 8.81. The Morgan fingerprint density at radius 2 is 1.61 bits per heavy atom. The maximum Gasteiger partial charge on any atom is 0.148 e. The van der Waals surface area contributed by atoms with E-state index in [4.69, 9.17) is 4.42 Å². The van der Waals surface area contributed by atoms with Crippen molar-refractivity contribution in [2.24, 2.45) is 0 Å². The molecule has 0 spiro atoms. The minimum atomic E-state index is 0.951. The molecule has 0 radical (unpaired) electrons. The molecule has 3 rings (SSSR count). The van der Waals surface area contributed by atoms with Crippen molar-refractivity contribution in [3.63, 3.8) is 0 Å². The molecule has 122 valence electrons.